The molecule has 3 aromatic rings. The van der Waals surface area contributed by atoms with Crippen LogP contribution in [0.5, 0.6) is 0 Å². The summed E-state index contributed by atoms with van der Waals surface area (Å²) >= 11 is 0. The maximum Gasteiger partial charge on any atom is 0.251 e. The van der Waals surface area contributed by atoms with Crippen LogP contribution in [0, 0.1) is 5.92 Å². The van der Waals surface area contributed by atoms with Crippen LogP contribution in [0.3, 0.4) is 0 Å². The van der Waals surface area contributed by atoms with E-state index in [-0.39, 0.29) is 24.5 Å². The normalized spacial score (nSPS) is 19.8. The molecular formula is C22H25N5O2. The minimum Gasteiger partial charge on any atom is -0.396 e. The van der Waals surface area contributed by atoms with E-state index in [9.17, 15) is 9.90 Å². The van der Waals surface area contributed by atoms with Gasteiger partial charge in [0, 0.05) is 43.8 Å². The van der Waals surface area contributed by atoms with Crippen molar-refractivity contribution in [1.82, 2.24) is 25.0 Å². The molecule has 2 aromatic carbocycles. The SMILES string of the molecule is O=C(N[C@@H]1CCN(Cc2ccccc2)C[C@H]1CO)c1cccc(-n2cncn2)c1. The van der Waals surface area contributed by atoms with Crippen LogP contribution in [-0.4, -0.2) is 56.4 Å². The summed E-state index contributed by atoms with van der Waals surface area (Å²) in [5.74, 6) is -0.123. The third-order valence-electron chi connectivity index (χ3n) is 5.41. The van der Waals surface area contributed by atoms with E-state index in [4.69, 9.17) is 0 Å². The summed E-state index contributed by atoms with van der Waals surface area (Å²) in [6.45, 7) is 2.55. The predicted octanol–water partition coefficient (Wildman–Crippen LogP) is 1.88. The monoisotopic (exact) mass is 391 g/mol. The van der Waals surface area contributed by atoms with Crippen LogP contribution in [-0.2, 0) is 6.54 Å². The van der Waals surface area contributed by atoms with Crippen molar-refractivity contribution in [3.63, 3.8) is 0 Å². The quantitative estimate of drug-likeness (QED) is 0.670. The van der Waals surface area contributed by atoms with Gasteiger partial charge in [-0.2, -0.15) is 5.10 Å². The molecule has 0 spiro atoms. The summed E-state index contributed by atoms with van der Waals surface area (Å²) in [6, 6.07) is 17.6. The minimum atomic E-state index is -0.132. The predicted molar refractivity (Wildman–Crippen MR) is 110 cm³/mol. The molecule has 7 heteroatoms. The molecule has 150 valence electrons. The molecule has 1 amide bonds. The van der Waals surface area contributed by atoms with Crippen LogP contribution < -0.4 is 5.32 Å². The average Bonchev–Trinajstić information content (AvgIpc) is 3.30. The lowest BCUT2D eigenvalue weighted by atomic mass is 9.92. The Hall–Kier alpha value is -3.03. The van der Waals surface area contributed by atoms with Crippen LogP contribution in [0.4, 0.5) is 0 Å². The van der Waals surface area contributed by atoms with Crippen molar-refractivity contribution in [2.24, 2.45) is 5.92 Å². The van der Waals surface area contributed by atoms with E-state index in [0.29, 0.717) is 5.56 Å². The van der Waals surface area contributed by atoms with Gasteiger partial charge in [-0.3, -0.25) is 9.69 Å². The smallest absolute Gasteiger partial charge is 0.251 e. The molecule has 4 rings (SSSR count). The number of hydrogen-bond donors (Lipinski definition) is 2. The number of nitrogens with one attached hydrogen (secondary N) is 1. The molecule has 2 N–H and O–H groups in total. The second kappa shape index (κ2) is 8.98. The van der Waals surface area contributed by atoms with Gasteiger partial charge in [-0.15, -0.1) is 0 Å². The van der Waals surface area contributed by atoms with E-state index in [1.54, 1.807) is 23.1 Å². The Morgan fingerprint density at radius 2 is 2.03 bits per heavy atom. The summed E-state index contributed by atoms with van der Waals surface area (Å²) < 4.78 is 1.62. The van der Waals surface area contributed by atoms with Crippen molar-refractivity contribution in [2.75, 3.05) is 19.7 Å². The van der Waals surface area contributed by atoms with Gasteiger partial charge in [-0.1, -0.05) is 36.4 Å². The Morgan fingerprint density at radius 1 is 1.17 bits per heavy atom. The van der Waals surface area contributed by atoms with E-state index in [1.807, 2.05) is 30.3 Å². The highest BCUT2D eigenvalue weighted by Crippen LogP contribution is 2.20. The Bertz CT molecular complexity index is 929. The number of carbonyl (C=O) groups is 1. The molecular weight excluding hydrogens is 366 g/mol. The zero-order chi connectivity index (χ0) is 20.1. The zero-order valence-corrected chi connectivity index (χ0v) is 16.2. The van der Waals surface area contributed by atoms with Crippen molar-refractivity contribution < 1.29 is 9.90 Å². The molecule has 1 aliphatic heterocycles. The van der Waals surface area contributed by atoms with Crippen molar-refractivity contribution in [1.29, 1.82) is 0 Å². The Kier molecular flexibility index (Phi) is 5.97. The average molecular weight is 391 g/mol. The largest absolute Gasteiger partial charge is 0.396 e. The molecule has 1 fully saturated rings. The number of aliphatic hydroxyl groups excluding tert-OH is 1. The van der Waals surface area contributed by atoms with Gasteiger partial charge in [-0.25, -0.2) is 9.67 Å². The lowest BCUT2D eigenvalue weighted by molar-refractivity contribution is 0.0712. The first-order chi connectivity index (χ1) is 14.2. The number of aliphatic hydroxyl groups is 1. The molecule has 1 aliphatic rings. The molecule has 0 saturated carbocycles. The summed E-state index contributed by atoms with van der Waals surface area (Å²) in [6.07, 6.45) is 3.87. The number of nitrogens with zero attached hydrogens (tertiary/aromatic N) is 4. The maximum absolute atomic E-state index is 12.8. The van der Waals surface area contributed by atoms with Gasteiger partial charge in [0.1, 0.15) is 12.7 Å². The second-order valence-electron chi connectivity index (χ2n) is 7.42. The molecule has 0 aliphatic carbocycles. The fourth-order valence-electron chi connectivity index (χ4n) is 3.85. The van der Waals surface area contributed by atoms with Gasteiger partial charge in [0.05, 0.1) is 5.69 Å². The molecule has 2 heterocycles. The number of carbonyl (C=O) groups excluding carboxylic acids is 1. The van der Waals surface area contributed by atoms with Gasteiger partial charge in [-0.05, 0) is 30.2 Å². The molecule has 0 bridgehead atoms. The van der Waals surface area contributed by atoms with E-state index < -0.39 is 0 Å². The minimum absolute atomic E-state index is 0.00918. The number of amides is 1. The molecule has 0 radical (unpaired) electrons. The van der Waals surface area contributed by atoms with Gasteiger partial charge in [0.15, 0.2) is 0 Å². The van der Waals surface area contributed by atoms with E-state index in [0.717, 1.165) is 31.7 Å². The van der Waals surface area contributed by atoms with Crippen LogP contribution in [0.15, 0.2) is 67.3 Å². The Labute approximate surface area is 170 Å². The number of piperidine rings is 1. The van der Waals surface area contributed by atoms with Crippen molar-refractivity contribution in [2.45, 2.75) is 19.0 Å². The van der Waals surface area contributed by atoms with Gasteiger partial charge < -0.3 is 10.4 Å². The van der Waals surface area contributed by atoms with Gasteiger partial charge in [0.2, 0.25) is 0 Å². The lowest BCUT2D eigenvalue weighted by Gasteiger charge is -2.38. The summed E-state index contributed by atoms with van der Waals surface area (Å²) in [7, 11) is 0. The zero-order valence-electron chi connectivity index (χ0n) is 16.2. The number of rotatable bonds is 6. The number of aromatic nitrogens is 3. The first-order valence-electron chi connectivity index (χ1n) is 9.86. The Morgan fingerprint density at radius 3 is 2.79 bits per heavy atom. The molecule has 2 atom stereocenters. The lowest BCUT2D eigenvalue weighted by Crippen LogP contribution is -2.51. The third kappa shape index (κ3) is 4.70. The fourth-order valence-corrected chi connectivity index (χ4v) is 3.85. The van der Waals surface area contributed by atoms with E-state index in [1.165, 1.54) is 11.9 Å². The van der Waals surface area contributed by atoms with Crippen LogP contribution in [0.25, 0.3) is 5.69 Å². The number of benzene rings is 2. The highest BCUT2D eigenvalue weighted by Gasteiger charge is 2.30. The van der Waals surface area contributed by atoms with Crippen LogP contribution in [0.2, 0.25) is 0 Å². The van der Waals surface area contributed by atoms with Gasteiger partial charge >= 0.3 is 0 Å². The Balaban J connectivity index is 1.39. The van der Waals surface area contributed by atoms with Crippen LogP contribution >= 0.6 is 0 Å². The maximum atomic E-state index is 12.8. The molecule has 29 heavy (non-hydrogen) atoms. The van der Waals surface area contributed by atoms with E-state index >= 15 is 0 Å². The summed E-state index contributed by atoms with van der Waals surface area (Å²) in [5.41, 5.74) is 2.62. The van der Waals surface area contributed by atoms with Crippen molar-refractivity contribution in [3.05, 3.63) is 78.4 Å². The second-order valence-corrected chi connectivity index (χ2v) is 7.42. The van der Waals surface area contributed by atoms with E-state index in [2.05, 4.69) is 32.4 Å². The summed E-state index contributed by atoms with van der Waals surface area (Å²) in [5, 5.41) is 17.1. The highest BCUT2D eigenvalue weighted by atomic mass is 16.3. The molecule has 7 nitrogen and oxygen atoms in total. The first kappa shape index (κ1) is 19.3. The van der Waals surface area contributed by atoms with Crippen LogP contribution in [0.1, 0.15) is 22.3 Å². The first-order valence-corrected chi connectivity index (χ1v) is 9.86. The van der Waals surface area contributed by atoms with Gasteiger partial charge in [0.25, 0.3) is 5.91 Å². The molecule has 1 saturated heterocycles. The van der Waals surface area contributed by atoms with Crippen molar-refractivity contribution >= 4 is 5.91 Å². The topological polar surface area (TPSA) is 83.3 Å². The highest BCUT2D eigenvalue weighted by molar-refractivity contribution is 5.94. The fraction of sp³-hybridized carbons (Fsp3) is 0.318. The standard InChI is InChI=1S/C22H25N5O2/c28-14-19-13-26(12-17-5-2-1-3-6-17)10-9-21(19)25-22(29)18-7-4-8-20(11-18)27-16-23-15-24-27/h1-8,11,15-16,19,21,28H,9-10,12-14H2,(H,25,29)/t19-,21+/m0/s1. The number of hydrogen-bond acceptors (Lipinski definition) is 5. The molecule has 0 unspecified atom stereocenters. The molecule has 1 aromatic heterocycles. The third-order valence-corrected chi connectivity index (χ3v) is 5.41. The number of likely N-dealkylation sites (tertiary alicyclic amines) is 1. The van der Waals surface area contributed by atoms with Crippen molar-refractivity contribution in [3.8, 4) is 5.69 Å². The summed E-state index contributed by atoms with van der Waals surface area (Å²) in [4.78, 5) is 19.1.